The molecule has 0 amide bonds. The number of H-pyrrole nitrogens is 2. The highest BCUT2D eigenvalue weighted by Crippen LogP contribution is 1.74. The van der Waals surface area contributed by atoms with E-state index in [1.54, 1.807) is 4.98 Å². The number of rotatable bonds is 0. The van der Waals surface area contributed by atoms with Crippen molar-refractivity contribution in [3.05, 3.63) is 48.8 Å². The normalized spacial score (nSPS) is 7.75. The summed E-state index contributed by atoms with van der Waals surface area (Å²) in [4.78, 5) is 25.5. The Hall–Kier alpha value is -2.08. The number of hydrogen-bond acceptors (Lipinski definition) is 2. The van der Waals surface area contributed by atoms with Crippen molar-refractivity contribution in [2.24, 2.45) is 0 Å². The summed E-state index contributed by atoms with van der Waals surface area (Å²) in [7, 11) is 0. The van der Waals surface area contributed by atoms with E-state index < -0.39 is 17.1 Å². The highest BCUT2D eigenvalue weighted by atomic mass is 19.1. The summed E-state index contributed by atoms with van der Waals surface area (Å²) in [6.45, 7) is 0. The molecule has 0 fully saturated rings. The highest BCUT2D eigenvalue weighted by molar-refractivity contribution is 4.83. The van der Waals surface area contributed by atoms with Crippen molar-refractivity contribution in [3.8, 4) is 0 Å². The lowest BCUT2D eigenvalue weighted by molar-refractivity contribution is 0.597. The van der Waals surface area contributed by atoms with E-state index >= 15 is 0 Å². The molecule has 0 aliphatic carbocycles. The number of aromatic nitrogens is 2. The van der Waals surface area contributed by atoms with Gasteiger partial charge < -0.3 is 16.0 Å². The van der Waals surface area contributed by atoms with Gasteiger partial charge in [-0.05, 0) is 0 Å². The molecule has 8 heteroatoms. The molecule has 7 nitrogen and oxygen atoms in total. The zero-order chi connectivity index (χ0) is 9.56. The van der Waals surface area contributed by atoms with Gasteiger partial charge >= 0.3 is 5.69 Å². The minimum Gasteiger partial charge on any atom is -0.373 e. The van der Waals surface area contributed by atoms with Crippen LogP contribution < -0.4 is 11.2 Å². The van der Waals surface area contributed by atoms with E-state index in [1.165, 1.54) is 4.91 Å². The van der Waals surface area contributed by atoms with Gasteiger partial charge in [-0.2, -0.15) is 4.39 Å². The molecule has 0 saturated carbocycles. The maximum absolute atomic E-state index is 12.0. The fourth-order valence-corrected chi connectivity index (χ4v) is 0.393. The van der Waals surface area contributed by atoms with Crippen LogP contribution in [-0.2, 0) is 0 Å². The predicted molar refractivity (Wildman–Crippen MR) is 37.7 cm³/mol. The molecule has 0 aromatic carbocycles. The Kier molecular flexibility index (Phi) is 3.88. The second-order valence-electron chi connectivity index (χ2n) is 1.51. The summed E-state index contributed by atoms with van der Waals surface area (Å²) in [5, 5.41) is 0. The summed E-state index contributed by atoms with van der Waals surface area (Å²) in [6, 6.07) is 0. The summed E-state index contributed by atoms with van der Waals surface area (Å²) < 4.78 is 12.0. The lowest BCUT2D eigenvalue weighted by atomic mass is 10.6. The van der Waals surface area contributed by atoms with Crippen molar-refractivity contribution in [1.29, 1.82) is 0 Å². The Morgan fingerprint density at radius 3 is 2.25 bits per heavy atom. The maximum atomic E-state index is 12.0. The topological polar surface area (TPSA) is 124 Å². The first-order valence-electron chi connectivity index (χ1n) is 2.57. The third-order valence-electron chi connectivity index (χ3n) is 0.774. The summed E-state index contributed by atoms with van der Waals surface area (Å²) >= 11 is 0. The molecule has 1 aromatic rings. The quantitative estimate of drug-likeness (QED) is 0.326. The van der Waals surface area contributed by atoms with Crippen LogP contribution in [0.1, 0.15) is 0 Å². The SMILES string of the molecule is O=c1[nH]cc(F)c(=O)[nH]1.[N-]=[N+]=[N-]. The number of hydrogen-bond donors (Lipinski definition) is 2. The number of nitrogens with one attached hydrogen (secondary N) is 2. The molecule has 0 saturated heterocycles. The third kappa shape index (κ3) is 3.18. The van der Waals surface area contributed by atoms with E-state index in [9.17, 15) is 14.0 Å². The molecule has 0 radical (unpaired) electrons. The van der Waals surface area contributed by atoms with Crippen molar-refractivity contribution in [2.75, 3.05) is 0 Å². The molecule has 0 aliphatic heterocycles. The van der Waals surface area contributed by atoms with Crippen LogP contribution in [0.15, 0.2) is 15.8 Å². The molecule has 0 unspecified atom stereocenters. The largest absolute Gasteiger partial charge is 0.373 e. The minimum atomic E-state index is -1.00. The van der Waals surface area contributed by atoms with Gasteiger partial charge in [-0.25, -0.2) is 4.79 Å². The Labute approximate surface area is 64.3 Å². The van der Waals surface area contributed by atoms with Gasteiger partial charge in [-0.3, -0.25) is 14.7 Å². The average molecular weight is 172 g/mol. The summed E-state index contributed by atoms with van der Waals surface area (Å²) in [5.41, 5.74) is 11.8. The molecule has 12 heavy (non-hydrogen) atoms. The van der Waals surface area contributed by atoms with E-state index in [0.717, 1.165) is 0 Å². The van der Waals surface area contributed by atoms with Crippen LogP contribution in [0, 0.1) is 5.82 Å². The van der Waals surface area contributed by atoms with Crippen LogP contribution in [-0.4, -0.2) is 9.97 Å². The molecule has 0 spiro atoms. The van der Waals surface area contributed by atoms with Crippen LogP contribution in [0.5, 0.6) is 0 Å². The van der Waals surface area contributed by atoms with Crippen molar-refractivity contribution in [2.45, 2.75) is 0 Å². The fourth-order valence-electron chi connectivity index (χ4n) is 0.393. The second kappa shape index (κ2) is 4.69. The Morgan fingerprint density at radius 1 is 1.42 bits per heavy atom. The molecule has 1 rings (SSSR count). The number of nitrogens with zero attached hydrogens (tertiary/aromatic N) is 3. The zero-order valence-corrected chi connectivity index (χ0v) is 5.61. The molecular formula is C4H3FN5O2-. The Bertz CT molecular complexity index is 387. The van der Waals surface area contributed by atoms with Gasteiger partial charge in [0, 0.05) is 6.20 Å². The minimum absolute atomic E-state index is 0.707. The summed E-state index contributed by atoms with van der Waals surface area (Å²) in [6.07, 6.45) is 0.709. The third-order valence-corrected chi connectivity index (χ3v) is 0.774. The van der Waals surface area contributed by atoms with Gasteiger partial charge in [0.15, 0.2) is 0 Å². The van der Waals surface area contributed by atoms with E-state index in [0.29, 0.717) is 6.20 Å². The second-order valence-corrected chi connectivity index (χ2v) is 1.51. The molecule has 0 bridgehead atoms. The van der Waals surface area contributed by atoms with Crippen molar-refractivity contribution in [1.82, 2.24) is 9.97 Å². The molecule has 1 aromatic heterocycles. The maximum Gasteiger partial charge on any atom is 0.325 e. The smallest absolute Gasteiger partial charge is 0.325 e. The molecule has 64 valence electrons. The van der Waals surface area contributed by atoms with Gasteiger partial charge in [0.2, 0.25) is 5.82 Å². The Morgan fingerprint density at radius 2 is 1.92 bits per heavy atom. The van der Waals surface area contributed by atoms with E-state index in [2.05, 4.69) is 0 Å². The fraction of sp³-hybridized carbons (Fsp3) is 0. The predicted octanol–water partition coefficient (Wildman–Crippen LogP) is 0.0684. The van der Waals surface area contributed by atoms with Crippen LogP contribution in [0.3, 0.4) is 0 Å². The monoisotopic (exact) mass is 172 g/mol. The highest BCUT2D eigenvalue weighted by Gasteiger charge is 1.93. The first kappa shape index (κ1) is 9.92. The van der Waals surface area contributed by atoms with Crippen LogP contribution in [0.4, 0.5) is 4.39 Å². The van der Waals surface area contributed by atoms with E-state index in [1.807, 2.05) is 4.98 Å². The molecule has 0 atom stereocenters. The Balaban J connectivity index is 0.000000354. The lowest BCUT2D eigenvalue weighted by Gasteiger charge is -1.81. The van der Waals surface area contributed by atoms with Crippen molar-refractivity contribution < 1.29 is 4.39 Å². The first-order chi connectivity index (χ1) is 5.61. The average Bonchev–Trinajstić information content (AvgIpc) is 1.99. The van der Waals surface area contributed by atoms with Gasteiger partial charge in [-0.15, -0.1) is 0 Å². The van der Waals surface area contributed by atoms with E-state index in [4.69, 9.17) is 11.1 Å². The lowest BCUT2D eigenvalue weighted by Crippen LogP contribution is -2.23. The van der Waals surface area contributed by atoms with Crippen LogP contribution in [0.25, 0.3) is 16.0 Å². The first-order valence-corrected chi connectivity index (χ1v) is 2.57. The van der Waals surface area contributed by atoms with E-state index in [-0.39, 0.29) is 0 Å². The molecule has 1 heterocycles. The van der Waals surface area contributed by atoms with Crippen LogP contribution in [0.2, 0.25) is 0 Å². The summed E-state index contributed by atoms with van der Waals surface area (Å²) in [5.74, 6) is -0.991. The van der Waals surface area contributed by atoms with Gasteiger partial charge in [-0.1, -0.05) is 0 Å². The zero-order valence-electron chi connectivity index (χ0n) is 5.61. The van der Waals surface area contributed by atoms with Gasteiger partial charge in [0.25, 0.3) is 5.56 Å². The molecular weight excluding hydrogens is 169 g/mol. The van der Waals surface area contributed by atoms with Gasteiger partial charge in [0.1, 0.15) is 0 Å². The van der Waals surface area contributed by atoms with Crippen molar-refractivity contribution >= 4 is 0 Å². The molecule has 0 aliphatic rings. The molecule has 2 N–H and O–H groups in total. The van der Waals surface area contributed by atoms with Crippen molar-refractivity contribution in [3.63, 3.8) is 0 Å². The number of halogens is 1. The number of aromatic amines is 2. The standard InChI is InChI=1S/C4H3FN2O2.N3/c5-2-1-6-4(9)7-3(2)8;1-3-2/h1H,(H2,6,7,8,9);/q;-1. The van der Waals surface area contributed by atoms with Crippen LogP contribution >= 0.6 is 0 Å². The van der Waals surface area contributed by atoms with Gasteiger partial charge in [0.05, 0.1) is 0 Å².